The summed E-state index contributed by atoms with van der Waals surface area (Å²) < 4.78 is 0. The first-order valence-electron chi connectivity index (χ1n) is 6.77. The highest BCUT2D eigenvalue weighted by Gasteiger charge is 2.22. The molecule has 0 aliphatic carbocycles. The molecule has 0 saturated carbocycles. The fraction of sp³-hybridized carbons (Fsp3) is 0. The first-order chi connectivity index (χ1) is 11.6. The summed E-state index contributed by atoms with van der Waals surface area (Å²) in [5.74, 6) is -0.200. The summed E-state index contributed by atoms with van der Waals surface area (Å²) in [7, 11) is 0. The van der Waals surface area contributed by atoms with E-state index in [0.717, 1.165) is 11.9 Å². The van der Waals surface area contributed by atoms with E-state index in [9.17, 15) is 14.9 Å². The van der Waals surface area contributed by atoms with Gasteiger partial charge in [0.15, 0.2) is 0 Å². The van der Waals surface area contributed by atoms with Crippen LogP contribution in [0.15, 0.2) is 48.9 Å². The number of aromatic nitrogens is 4. The second-order valence-electron chi connectivity index (χ2n) is 4.62. The van der Waals surface area contributed by atoms with Gasteiger partial charge in [0.05, 0.1) is 4.92 Å². The van der Waals surface area contributed by atoms with Crippen LogP contribution in [0.3, 0.4) is 0 Å². The fourth-order valence-electron chi connectivity index (χ4n) is 1.91. The van der Waals surface area contributed by atoms with Crippen molar-refractivity contribution in [3.05, 3.63) is 64.7 Å². The van der Waals surface area contributed by atoms with Gasteiger partial charge in [-0.15, -0.1) is 0 Å². The van der Waals surface area contributed by atoms with Crippen LogP contribution in [-0.4, -0.2) is 31.0 Å². The maximum Gasteiger partial charge on any atom is 0.319 e. The van der Waals surface area contributed by atoms with Crippen LogP contribution in [0, 0.1) is 10.1 Å². The number of aromatic amines is 1. The normalized spacial score (nSPS) is 10.2. The lowest BCUT2D eigenvalue weighted by molar-refractivity contribution is -0.385. The topological polar surface area (TPSA) is 139 Å². The van der Waals surface area contributed by atoms with Gasteiger partial charge in [-0.3, -0.25) is 20.0 Å². The van der Waals surface area contributed by atoms with E-state index in [4.69, 9.17) is 0 Å². The average Bonchev–Trinajstić information content (AvgIpc) is 3.08. The summed E-state index contributed by atoms with van der Waals surface area (Å²) in [5, 5.41) is 22.2. The molecule has 3 N–H and O–H groups in total. The quantitative estimate of drug-likeness (QED) is 0.482. The molecular weight excluding hydrogens is 314 g/mol. The van der Waals surface area contributed by atoms with E-state index in [2.05, 4.69) is 30.8 Å². The van der Waals surface area contributed by atoms with Crippen molar-refractivity contribution in [2.45, 2.75) is 0 Å². The standard InChI is InChI=1S/C14H11N7O3/c22-13(12-11(21(23)24)8-17-20-12)18-9-2-4-10(5-3-9)19-14-15-6-1-7-16-14/h1-8H,(H,17,20)(H,18,22)(H,15,16,19). The van der Waals surface area contributed by atoms with E-state index in [0.29, 0.717) is 11.6 Å². The van der Waals surface area contributed by atoms with Crippen LogP contribution in [0.5, 0.6) is 0 Å². The van der Waals surface area contributed by atoms with Crippen molar-refractivity contribution in [1.29, 1.82) is 0 Å². The Kier molecular flexibility index (Phi) is 4.10. The molecule has 0 saturated heterocycles. The van der Waals surface area contributed by atoms with Gasteiger partial charge in [0, 0.05) is 23.8 Å². The highest BCUT2D eigenvalue weighted by molar-refractivity contribution is 6.05. The first kappa shape index (κ1) is 15.1. The summed E-state index contributed by atoms with van der Waals surface area (Å²) in [6.45, 7) is 0. The fourth-order valence-corrected chi connectivity index (χ4v) is 1.91. The molecular formula is C14H11N7O3. The van der Waals surface area contributed by atoms with Gasteiger partial charge in [-0.25, -0.2) is 9.97 Å². The lowest BCUT2D eigenvalue weighted by Gasteiger charge is -2.06. The van der Waals surface area contributed by atoms with Gasteiger partial charge in [-0.2, -0.15) is 5.10 Å². The molecule has 1 aromatic carbocycles. The molecule has 3 aromatic rings. The largest absolute Gasteiger partial charge is 0.324 e. The Hall–Kier alpha value is -3.82. The third-order valence-corrected chi connectivity index (χ3v) is 3.01. The van der Waals surface area contributed by atoms with Gasteiger partial charge >= 0.3 is 5.69 Å². The number of rotatable bonds is 5. The Balaban J connectivity index is 1.69. The van der Waals surface area contributed by atoms with E-state index in [1.807, 2.05) is 0 Å². The zero-order chi connectivity index (χ0) is 16.9. The average molecular weight is 325 g/mol. The summed E-state index contributed by atoms with van der Waals surface area (Å²) >= 11 is 0. The second kappa shape index (κ2) is 6.52. The van der Waals surface area contributed by atoms with Crippen LogP contribution < -0.4 is 10.6 Å². The molecule has 0 aliphatic rings. The number of carbonyl (C=O) groups is 1. The lowest BCUT2D eigenvalue weighted by atomic mass is 10.2. The predicted octanol–water partition coefficient (Wildman–Crippen LogP) is 2.10. The molecule has 0 spiro atoms. The zero-order valence-electron chi connectivity index (χ0n) is 12.1. The number of hydrogen-bond donors (Lipinski definition) is 3. The van der Waals surface area contributed by atoms with Crippen molar-refractivity contribution in [3.8, 4) is 0 Å². The van der Waals surface area contributed by atoms with E-state index < -0.39 is 10.8 Å². The number of hydrogen-bond acceptors (Lipinski definition) is 7. The molecule has 0 radical (unpaired) electrons. The SMILES string of the molecule is O=C(Nc1ccc(Nc2ncccn2)cc1)c1[nH]ncc1[N+](=O)[O-]. The minimum atomic E-state index is -0.675. The molecule has 1 amide bonds. The van der Waals surface area contributed by atoms with E-state index >= 15 is 0 Å². The summed E-state index contributed by atoms with van der Waals surface area (Å²) in [6.07, 6.45) is 4.21. The van der Waals surface area contributed by atoms with Crippen LogP contribution in [0.4, 0.5) is 23.0 Å². The van der Waals surface area contributed by atoms with Crippen molar-refractivity contribution in [2.75, 3.05) is 10.6 Å². The number of anilines is 3. The summed E-state index contributed by atoms with van der Waals surface area (Å²) in [5.41, 5.74) is 0.613. The number of benzene rings is 1. The van der Waals surface area contributed by atoms with Crippen LogP contribution in [0.1, 0.15) is 10.5 Å². The Morgan fingerprint density at radius 3 is 2.46 bits per heavy atom. The van der Waals surface area contributed by atoms with Crippen molar-refractivity contribution in [3.63, 3.8) is 0 Å². The molecule has 3 rings (SSSR count). The Morgan fingerprint density at radius 2 is 1.79 bits per heavy atom. The number of nitrogens with zero attached hydrogens (tertiary/aromatic N) is 4. The molecule has 2 aromatic heterocycles. The molecule has 2 heterocycles. The third kappa shape index (κ3) is 3.32. The first-order valence-corrected chi connectivity index (χ1v) is 6.77. The highest BCUT2D eigenvalue weighted by Crippen LogP contribution is 2.19. The molecule has 0 fully saturated rings. The van der Waals surface area contributed by atoms with Gasteiger partial charge in [-0.1, -0.05) is 0 Å². The number of nitro groups is 1. The monoisotopic (exact) mass is 325 g/mol. The molecule has 0 unspecified atom stereocenters. The van der Waals surface area contributed by atoms with E-state index in [1.54, 1.807) is 42.7 Å². The lowest BCUT2D eigenvalue weighted by Crippen LogP contribution is -2.14. The van der Waals surface area contributed by atoms with Crippen molar-refractivity contribution < 1.29 is 9.72 Å². The second-order valence-corrected chi connectivity index (χ2v) is 4.62. The van der Waals surface area contributed by atoms with Gasteiger partial charge in [-0.05, 0) is 30.3 Å². The van der Waals surface area contributed by atoms with E-state index in [1.165, 1.54) is 0 Å². The molecule has 0 aliphatic heterocycles. The summed E-state index contributed by atoms with van der Waals surface area (Å²) in [4.78, 5) is 30.3. The third-order valence-electron chi connectivity index (χ3n) is 3.01. The predicted molar refractivity (Wildman–Crippen MR) is 85.0 cm³/mol. The highest BCUT2D eigenvalue weighted by atomic mass is 16.6. The van der Waals surface area contributed by atoms with Crippen molar-refractivity contribution in [2.24, 2.45) is 0 Å². The van der Waals surface area contributed by atoms with E-state index in [-0.39, 0.29) is 11.4 Å². The van der Waals surface area contributed by atoms with Crippen molar-refractivity contribution >= 4 is 28.9 Å². The number of H-pyrrole nitrogens is 1. The van der Waals surface area contributed by atoms with Gasteiger partial charge < -0.3 is 10.6 Å². The van der Waals surface area contributed by atoms with Crippen LogP contribution in [0.2, 0.25) is 0 Å². The molecule has 0 atom stereocenters. The van der Waals surface area contributed by atoms with Crippen LogP contribution in [-0.2, 0) is 0 Å². The maximum atomic E-state index is 12.1. The number of amides is 1. The molecule has 10 nitrogen and oxygen atoms in total. The molecule has 120 valence electrons. The van der Waals surface area contributed by atoms with Gasteiger partial charge in [0.2, 0.25) is 11.6 Å². The minimum Gasteiger partial charge on any atom is -0.324 e. The van der Waals surface area contributed by atoms with Gasteiger partial charge in [0.1, 0.15) is 6.20 Å². The maximum absolute atomic E-state index is 12.1. The molecule has 0 bridgehead atoms. The minimum absolute atomic E-state index is 0.208. The summed E-state index contributed by atoms with van der Waals surface area (Å²) in [6, 6.07) is 8.43. The van der Waals surface area contributed by atoms with Gasteiger partial charge in [0.25, 0.3) is 5.91 Å². The van der Waals surface area contributed by atoms with Crippen LogP contribution in [0.25, 0.3) is 0 Å². The molecule has 10 heteroatoms. The van der Waals surface area contributed by atoms with Crippen LogP contribution >= 0.6 is 0 Å². The smallest absolute Gasteiger partial charge is 0.319 e. The Morgan fingerprint density at radius 1 is 1.12 bits per heavy atom. The Bertz CT molecular complexity index is 862. The Labute approximate surface area is 135 Å². The number of carbonyl (C=O) groups excluding carboxylic acids is 1. The number of nitrogens with one attached hydrogen (secondary N) is 3. The molecule has 24 heavy (non-hydrogen) atoms. The zero-order valence-corrected chi connectivity index (χ0v) is 12.1. The van der Waals surface area contributed by atoms with Crippen molar-refractivity contribution in [1.82, 2.24) is 20.2 Å².